The summed E-state index contributed by atoms with van der Waals surface area (Å²) in [4.78, 5) is 6.79. The van der Waals surface area contributed by atoms with Crippen molar-refractivity contribution in [2.75, 3.05) is 18.0 Å². The zero-order valence-electron chi connectivity index (χ0n) is 9.32. The first-order chi connectivity index (χ1) is 7.27. The van der Waals surface area contributed by atoms with E-state index < -0.39 is 0 Å². The van der Waals surface area contributed by atoms with Crippen molar-refractivity contribution in [2.24, 2.45) is 5.73 Å². The van der Waals surface area contributed by atoms with Crippen LogP contribution in [0.5, 0.6) is 0 Å². The molecule has 2 heterocycles. The molecule has 1 aliphatic rings. The first-order valence-corrected chi connectivity index (χ1v) is 5.74. The zero-order valence-corrected chi connectivity index (χ0v) is 9.32. The van der Waals surface area contributed by atoms with E-state index in [1.54, 1.807) is 0 Å². The summed E-state index contributed by atoms with van der Waals surface area (Å²) in [5.74, 6) is 0. The number of hydrogen-bond acceptors (Lipinski definition) is 3. The lowest BCUT2D eigenvalue weighted by atomic mass is 10.1. The topological polar surface area (TPSA) is 42.1 Å². The number of aromatic nitrogens is 1. The van der Waals surface area contributed by atoms with E-state index in [1.807, 2.05) is 19.2 Å². The number of nitrogens with zero attached hydrogens (tertiary/aromatic N) is 2. The Bertz CT molecular complexity index is 299. The maximum atomic E-state index is 5.77. The Morgan fingerprint density at radius 2 is 2.00 bits per heavy atom. The number of nitrogens with two attached hydrogens (primary N) is 1. The van der Waals surface area contributed by atoms with Crippen LogP contribution in [-0.4, -0.2) is 18.1 Å². The molecule has 0 saturated carbocycles. The van der Waals surface area contributed by atoms with Crippen LogP contribution in [0.1, 0.15) is 37.9 Å². The monoisotopic (exact) mass is 205 g/mol. The highest BCUT2D eigenvalue weighted by Gasteiger charge is 2.11. The Morgan fingerprint density at radius 3 is 2.53 bits per heavy atom. The van der Waals surface area contributed by atoms with Crippen LogP contribution < -0.4 is 10.6 Å². The molecular weight excluding hydrogens is 186 g/mol. The minimum Gasteiger partial charge on any atom is -0.370 e. The Labute approximate surface area is 91.3 Å². The van der Waals surface area contributed by atoms with Gasteiger partial charge in [0.2, 0.25) is 0 Å². The molecule has 0 aliphatic carbocycles. The molecule has 3 nitrogen and oxygen atoms in total. The third-order valence-electron chi connectivity index (χ3n) is 2.96. The Morgan fingerprint density at radius 1 is 1.27 bits per heavy atom. The van der Waals surface area contributed by atoms with Gasteiger partial charge in [0.05, 0.1) is 17.6 Å². The van der Waals surface area contributed by atoms with Gasteiger partial charge < -0.3 is 10.6 Å². The number of rotatable bonds is 2. The van der Waals surface area contributed by atoms with Gasteiger partial charge in [0.25, 0.3) is 0 Å². The highest BCUT2D eigenvalue weighted by Crippen LogP contribution is 2.19. The molecule has 3 heteroatoms. The molecule has 0 spiro atoms. The highest BCUT2D eigenvalue weighted by atomic mass is 15.1. The van der Waals surface area contributed by atoms with E-state index in [0.717, 1.165) is 5.69 Å². The number of pyridine rings is 1. The SMILES string of the molecule is C[C@H](N)c1ccc(N2CCCCC2)cn1. The largest absolute Gasteiger partial charge is 0.370 e. The van der Waals surface area contributed by atoms with E-state index in [-0.39, 0.29) is 6.04 Å². The maximum absolute atomic E-state index is 5.77. The average molecular weight is 205 g/mol. The van der Waals surface area contributed by atoms with Gasteiger partial charge in [-0.3, -0.25) is 4.98 Å². The van der Waals surface area contributed by atoms with E-state index >= 15 is 0 Å². The van der Waals surface area contributed by atoms with Crippen LogP contribution in [0.2, 0.25) is 0 Å². The van der Waals surface area contributed by atoms with Crippen LogP contribution in [0.25, 0.3) is 0 Å². The second-order valence-corrected chi connectivity index (χ2v) is 4.28. The van der Waals surface area contributed by atoms with E-state index in [0.29, 0.717) is 0 Å². The number of anilines is 1. The standard InChI is InChI=1S/C12H19N3/c1-10(13)12-6-5-11(9-14-12)15-7-3-2-4-8-15/h5-6,9-10H,2-4,7-8,13H2,1H3/t10-/m0/s1. The fraction of sp³-hybridized carbons (Fsp3) is 0.583. The number of hydrogen-bond donors (Lipinski definition) is 1. The second-order valence-electron chi connectivity index (χ2n) is 4.28. The molecule has 1 fully saturated rings. The minimum atomic E-state index is 0.0282. The molecule has 2 N–H and O–H groups in total. The van der Waals surface area contributed by atoms with Crippen molar-refractivity contribution in [1.82, 2.24) is 4.98 Å². The molecule has 1 aromatic heterocycles. The summed E-state index contributed by atoms with van der Waals surface area (Å²) in [6, 6.07) is 4.20. The lowest BCUT2D eigenvalue weighted by Crippen LogP contribution is -2.29. The smallest absolute Gasteiger partial charge is 0.0569 e. The van der Waals surface area contributed by atoms with Crippen molar-refractivity contribution in [3.05, 3.63) is 24.0 Å². The summed E-state index contributed by atoms with van der Waals surface area (Å²) in [5, 5.41) is 0. The summed E-state index contributed by atoms with van der Waals surface area (Å²) in [5.41, 5.74) is 7.97. The molecule has 15 heavy (non-hydrogen) atoms. The van der Waals surface area contributed by atoms with Crippen molar-refractivity contribution < 1.29 is 0 Å². The van der Waals surface area contributed by atoms with Gasteiger partial charge in [0.15, 0.2) is 0 Å². The van der Waals surface area contributed by atoms with Gasteiger partial charge >= 0.3 is 0 Å². The van der Waals surface area contributed by atoms with Crippen LogP contribution in [0.3, 0.4) is 0 Å². The molecule has 0 unspecified atom stereocenters. The van der Waals surface area contributed by atoms with Crippen molar-refractivity contribution in [3.63, 3.8) is 0 Å². The van der Waals surface area contributed by atoms with Gasteiger partial charge in [-0.15, -0.1) is 0 Å². The predicted octanol–water partition coefficient (Wildman–Crippen LogP) is 2.09. The van der Waals surface area contributed by atoms with Crippen LogP contribution in [0.4, 0.5) is 5.69 Å². The van der Waals surface area contributed by atoms with E-state index in [1.165, 1.54) is 38.0 Å². The molecule has 0 bridgehead atoms. The Hall–Kier alpha value is -1.09. The third-order valence-corrected chi connectivity index (χ3v) is 2.96. The molecule has 1 aliphatic heterocycles. The molecule has 0 aromatic carbocycles. The van der Waals surface area contributed by atoms with E-state index in [9.17, 15) is 0 Å². The minimum absolute atomic E-state index is 0.0282. The normalized spacial score (nSPS) is 18.9. The Balaban J connectivity index is 2.08. The zero-order chi connectivity index (χ0) is 10.7. The summed E-state index contributed by atoms with van der Waals surface area (Å²) >= 11 is 0. The van der Waals surface area contributed by atoms with Crippen LogP contribution >= 0.6 is 0 Å². The first kappa shape index (κ1) is 10.4. The van der Waals surface area contributed by atoms with Crippen molar-refractivity contribution >= 4 is 5.69 Å². The van der Waals surface area contributed by atoms with Gasteiger partial charge in [-0.1, -0.05) is 0 Å². The molecule has 2 rings (SSSR count). The van der Waals surface area contributed by atoms with Gasteiger partial charge in [0.1, 0.15) is 0 Å². The summed E-state index contributed by atoms with van der Waals surface area (Å²) in [7, 11) is 0. The Kier molecular flexibility index (Phi) is 3.21. The molecule has 0 amide bonds. The molecular formula is C12H19N3. The predicted molar refractivity (Wildman–Crippen MR) is 62.9 cm³/mol. The van der Waals surface area contributed by atoms with Gasteiger partial charge in [-0.05, 0) is 38.3 Å². The molecule has 1 saturated heterocycles. The van der Waals surface area contributed by atoms with E-state index in [2.05, 4.69) is 16.0 Å². The van der Waals surface area contributed by atoms with Crippen LogP contribution in [0, 0.1) is 0 Å². The molecule has 1 atom stereocenters. The maximum Gasteiger partial charge on any atom is 0.0569 e. The summed E-state index contributed by atoms with van der Waals surface area (Å²) < 4.78 is 0. The quantitative estimate of drug-likeness (QED) is 0.804. The van der Waals surface area contributed by atoms with Gasteiger partial charge in [-0.25, -0.2) is 0 Å². The molecule has 1 aromatic rings. The van der Waals surface area contributed by atoms with E-state index in [4.69, 9.17) is 5.73 Å². The average Bonchev–Trinajstić information content (AvgIpc) is 2.30. The fourth-order valence-corrected chi connectivity index (χ4v) is 2.01. The van der Waals surface area contributed by atoms with Gasteiger partial charge in [-0.2, -0.15) is 0 Å². The third kappa shape index (κ3) is 2.48. The van der Waals surface area contributed by atoms with Gasteiger partial charge in [0, 0.05) is 19.1 Å². The lowest BCUT2D eigenvalue weighted by Gasteiger charge is -2.28. The van der Waals surface area contributed by atoms with Crippen LogP contribution in [-0.2, 0) is 0 Å². The van der Waals surface area contributed by atoms with Crippen molar-refractivity contribution in [1.29, 1.82) is 0 Å². The molecule has 0 radical (unpaired) electrons. The highest BCUT2D eigenvalue weighted by molar-refractivity contribution is 5.45. The fourth-order valence-electron chi connectivity index (χ4n) is 2.01. The lowest BCUT2D eigenvalue weighted by molar-refractivity contribution is 0.577. The van der Waals surface area contributed by atoms with Crippen molar-refractivity contribution in [2.45, 2.75) is 32.2 Å². The summed E-state index contributed by atoms with van der Waals surface area (Å²) in [6.45, 7) is 4.29. The summed E-state index contributed by atoms with van der Waals surface area (Å²) in [6.07, 6.45) is 5.91. The number of piperidine rings is 1. The van der Waals surface area contributed by atoms with Crippen molar-refractivity contribution in [3.8, 4) is 0 Å². The van der Waals surface area contributed by atoms with Crippen LogP contribution in [0.15, 0.2) is 18.3 Å². The molecule has 82 valence electrons. The second kappa shape index (κ2) is 4.62. The first-order valence-electron chi connectivity index (χ1n) is 5.74.